The van der Waals surface area contributed by atoms with Gasteiger partial charge in [0.25, 0.3) is 0 Å². The second-order valence-corrected chi connectivity index (χ2v) is 5.43. The Kier molecular flexibility index (Phi) is 7.39. The molecule has 0 saturated heterocycles. The Morgan fingerprint density at radius 2 is 1.56 bits per heavy atom. The molecule has 1 amide bonds. The van der Waals surface area contributed by atoms with Crippen molar-refractivity contribution < 1.29 is 4.79 Å². The zero-order valence-corrected chi connectivity index (χ0v) is 11.5. The van der Waals surface area contributed by atoms with Crippen molar-refractivity contribution in [3.05, 3.63) is 0 Å². The minimum Gasteiger partial charge on any atom is -0.341 e. The fourth-order valence-corrected chi connectivity index (χ4v) is 1.81. The highest BCUT2D eigenvalue weighted by Gasteiger charge is 2.21. The molecule has 0 bridgehead atoms. The lowest BCUT2D eigenvalue weighted by Crippen LogP contribution is -2.46. The minimum absolute atomic E-state index is 0.115. The van der Waals surface area contributed by atoms with Crippen LogP contribution in [0.2, 0.25) is 0 Å². The maximum absolute atomic E-state index is 12.1. The minimum atomic E-state index is -0.317. The second kappa shape index (κ2) is 7.66. The zero-order valence-electron chi connectivity index (χ0n) is 11.5. The molecule has 0 aliphatic carbocycles. The molecule has 2 N–H and O–H groups in total. The summed E-state index contributed by atoms with van der Waals surface area (Å²) in [7, 11) is 0. The Morgan fingerprint density at radius 1 is 1.12 bits per heavy atom. The molecule has 0 heterocycles. The van der Waals surface area contributed by atoms with E-state index in [-0.39, 0.29) is 11.9 Å². The van der Waals surface area contributed by atoms with Crippen molar-refractivity contribution in [1.29, 1.82) is 0 Å². The van der Waals surface area contributed by atoms with Crippen molar-refractivity contribution in [3.8, 4) is 0 Å². The molecule has 0 aliphatic heterocycles. The highest BCUT2D eigenvalue weighted by atomic mass is 16.2. The molecule has 3 heteroatoms. The third-order valence-corrected chi connectivity index (χ3v) is 2.40. The number of hydrogen-bond donors (Lipinski definition) is 1. The van der Waals surface area contributed by atoms with E-state index in [1.54, 1.807) is 0 Å². The van der Waals surface area contributed by atoms with Gasteiger partial charge in [0.1, 0.15) is 0 Å². The summed E-state index contributed by atoms with van der Waals surface area (Å²) >= 11 is 0. The van der Waals surface area contributed by atoms with E-state index in [0.717, 1.165) is 25.9 Å². The first-order chi connectivity index (χ1) is 7.38. The maximum atomic E-state index is 12.1. The van der Waals surface area contributed by atoms with Gasteiger partial charge in [-0.05, 0) is 18.3 Å². The molecular weight excluding hydrogens is 200 g/mol. The van der Waals surface area contributed by atoms with Gasteiger partial charge < -0.3 is 10.6 Å². The number of nitrogens with two attached hydrogens (primary N) is 1. The molecule has 0 radical (unpaired) electrons. The molecule has 0 saturated carbocycles. The summed E-state index contributed by atoms with van der Waals surface area (Å²) in [6, 6.07) is -0.317. The highest BCUT2D eigenvalue weighted by Crippen LogP contribution is 2.07. The molecule has 96 valence electrons. The van der Waals surface area contributed by atoms with Crippen molar-refractivity contribution in [2.45, 2.75) is 53.5 Å². The molecule has 0 fully saturated rings. The standard InChI is InChI=1S/C13H28N2O/c1-6-7-12(14)13(16)15(8-10(2)3)9-11(4)5/h10-12H,6-9,14H2,1-5H3/t12-/m0/s1. The first kappa shape index (κ1) is 15.4. The Labute approximate surface area is 100 Å². The lowest BCUT2D eigenvalue weighted by molar-refractivity contribution is -0.133. The molecule has 0 aromatic rings. The quantitative estimate of drug-likeness (QED) is 0.726. The van der Waals surface area contributed by atoms with E-state index >= 15 is 0 Å². The van der Waals surface area contributed by atoms with Crippen LogP contribution < -0.4 is 5.73 Å². The van der Waals surface area contributed by atoms with Crippen LogP contribution in [-0.2, 0) is 4.79 Å². The van der Waals surface area contributed by atoms with Crippen LogP contribution in [0.5, 0.6) is 0 Å². The topological polar surface area (TPSA) is 46.3 Å². The van der Waals surface area contributed by atoms with Gasteiger partial charge in [-0.25, -0.2) is 0 Å². The fraction of sp³-hybridized carbons (Fsp3) is 0.923. The highest BCUT2D eigenvalue weighted by molar-refractivity contribution is 5.81. The van der Waals surface area contributed by atoms with Gasteiger partial charge in [-0.1, -0.05) is 41.0 Å². The van der Waals surface area contributed by atoms with Gasteiger partial charge in [0.15, 0.2) is 0 Å². The number of amides is 1. The molecule has 0 aromatic heterocycles. The van der Waals surface area contributed by atoms with Crippen molar-refractivity contribution in [2.75, 3.05) is 13.1 Å². The van der Waals surface area contributed by atoms with Gasteiger partial charge in [-0.15, -0.1) is 0 Å². The lowest BCUT2D eigenvalue weighted by atomic mass is 10.1. The van der Waals surface area contributed by atoms with E-state index in [0.29, 0.717) is 11.8 Å². The third kappa shape index (κ3) is 6.11. The van der Waals surface area contributed by atoms with Gasteiger partial charge in [-0.2, -0.15) is 0 Å². The maximum Gasteiger partial charge on any atom is 0.239 e. The fourth-order valence-electron chi connectivity index (χ4n) is 1.81. The summed E-state index contributed by atoms with van der Waals surface area (Å²) in [6.45, 7) is 12.2. The van der Waals surface area contributed by atoms with Crippen molar-refractivity contribution in [2.24, 2.45) is 17.6 Å². The average molecular weight is 228 g/mol. The van der Waals surface area contributed by atoms with Gasteiger partial charge in [0.05, 0.1) is 6.04 Å². The molecule has 0 aromatic carbocycles. The van der Waals surface area contributed by atoms with Crippen LogP contribution in [-0.4, -0.2) is 29.9 Å². The van der Waals surface area contributed by atoms with E-state index in [1.165, 1.54) is 0 Å². The lowest BCUT2D eigenvalue weighted by Gasteiger charge is -2.28. The van der Waals surface area contributed by atoms with Crippen molar-refractivity contribution >= 4 is 5.91 Å². The molecule has 1 atom stereocenters. The Hall–Kier alpha value is -0.570. The average Bonchev–Trinajstić information content (AvgIpc) is 2.14. The van der Waals surface area contributed by atoms with E-state index in [9.17, 15) is 4.79 Å². The molecule has 0 unspecified atom stereocenters. The molecule has 3 nitrogen and oxygen atoms in total. The zero-order chi connectivity index (χ0) is 12.7. The smallest absolute Gasteiger partial charge is 0.239 e. The van der Waals surface area contributed by atoms with Gasteiger partial charge in [-0.3, -0.25) is 4.79 Å². The van der Waals surface area contributed by atoms with Crippen LogP contribution >= 0.6 is 0 Å². The summed E-state index contributed by atoms with van der Waals surface area (Å²) in [5.74, 6) is 1.11. The number of rotatable bonds is 7. The van der Waals surface area contributed by atoms with Crippen LogP contribution in [0.15, 0.2) is 0 Å². The molecule has 16 heavy (non-hydrogen) atoms. The van der Waals surface area contributed by atoms with Crippen LogP contribution in [0.25, 0.3) is 0 Å². The van der Waals surface area contributed by atoms with E-state index < -0.39 is 0 Å². The van der Waals surface area contributed by atoms with E-state index in [2.05, 4.69) is 34.6 Å². The van der Waals surface area contributed by atoms with Gasteiger partial charge in [0, 0.05) is 13.1 Å². The molecule has 0 aliphatic rings. The predicted molar refractivity (Wildman–Crippen MR) is 69.1 cm³/mol. The normalized spacial score (nSPS) is 13.2. The summed E-state index contributed by atoms with van der Waals surface area (Å²) < 4.78 is 0. The second-order valence-electron chi connectivity index (χ2n) is 5.43. The van der Waals surface area contributed by atoms with Crippen molar-refractivity contribution in [1.82, 2.24) is 4.90 Å². The van der Waals surface area contributed by atoms with E-state index in [1.807, 2.05) is 4.90 Å². The van der Waals surface area contributed by atoms with Crippen LogP contribution in [0.3, 0.4) is 0 Å². The summed E-state index contributed by atoms with van der Waals surface area (Å²) in [5, 5.41) is 0. The van der Waals surface area contributed by atoms with Crippen LogP contribution in [0.1, 0.15) is 47.5 Å². The predicted octanol–water partition coefficient (Wildman–Crippen LogP) is 2.25. The first-order valence-electron chi connectivity index (χ1n) is 6.42. The largest absolute Gasteiger partial charge is 0.341 e. The third-order valence-electron chi connectivity index (χ3n) is 2.40. The van der Waals surface area contributed by atoms with Gasteiger partial charge in [0.2, 0.25) is 5.91 Å². The molecule has 0 spiro atoms. The Morgan fingerprint density at radius 3 is 1.88 bits per heavy atom. The summed E-state index contributed by atoms with van der Waals surface area (Å²) in [5.41, 5.74) is 5.89. The number of carbonyl (C=O) groups excluding carboxylic acids is 1. The SMILES string of the molecule is CCC[C@H](N)C(=O)N(CC(C)C)CC(C)C. The van der Waals surface area contributed by atoms with Gasteiger partial charge >= 0.3 is 0 Å². The van der Waals surface area contributed by atoms with Crippen molar-refractivity contribution in [3.63, 3.8) is 0 Å². The number of carbonyl (C=O) groups is 1. The molecular formula is C13H28N2O. The first-order valence-corrected chi connectivity index (χ1v) is 6.42. The van der Waals surface area contributed by atoms with E-state index in [4.69, 9.17) is 5.73 Å². The summed E-state index contributed by atoms with van der Waals surface area (Å²) in [4.78, 5) is 14.0. The number of nitrogens with zero attached hydrogens (tertiary/aromatic N) is 1. The number of hydrogen-bond acceptors (Lipinski definition) is 2. The Balaban J connectivity index is 4.42. The van der Waals surface area contributed by atoms with Crippen LogP contribution in [0, 0.1) is 11.8 Å². The molecule has 0 rings (SSSR count). The summed E-state index contributed by atoms with van der Waals surface area (Å²) in [6.07, 6.45) is 1.75. The Bertz CT molecular complexity index is 192. The monoisotopic (exact) mass is 228 g/mol. The van der Waals surface area contributed by atoms with Crippen LogP contribution in [0.4, 0.5) is 0 Å².